The lowest BCUT2D eigenvalue weighted by molar-refractivity contribution is 0.104. The first-order valence-corrected chi connectivity index (χ1v) is 4.92. The van der Waals surface area contributed by atoms with E-state index in [4.69, 9.17) is 9.47 Å². The zero-order valence-corrected chi connectivity index (χ0v) is 8.53. The van der Waals surface area contributed by atoms with Gasteiger partial charge in [0.2, 0.25) is 6.79 Å². The summed E-state index contributed by atoms with van der Waals surface area (Å²) in [6.07, 6.45) is 4.28. The van der Waals surface area contributed by atoms with Crippen molar-refractivity contribution in [3.63, 3.8) is 0 Å². The van der Waals surface area contributed by atoms with Crippen molar-refractivity contribution in [1.82, 2.24) is 0 Å². The van der Waals surface area contributed by atoms with Crippen molar-refractivity contribution in [3.8, 4) is 11.5 Å². The molecular formula is C12H12O3. The Kier molecular flexibility index (Phi) is 2.72. The van der Waals surface area contributed by atoms with Gasteiger partial charge in [0.05, 0.1) is 0 Å². The van der Waals surface area contributed by atoms with E-state index in [9.17, 15) is 4.79 Å². The van der Waals surface area contributed by atoms with Gasteiger partial charge in [-0.1, -0.05) is 13.0 Å². The molecule has 3 nitrogen and oxygen atoms in total. The normalized spacial score (nSPS) is 13.4. The van der Waals surface area contributed by atoms with Crippen LogP contribution < -0.4 is 9.47 Å². The van der Waals surface area contributed by atoms with E-state index in [1.54, 1.807) is 24.3 Å². The molecule has 0 radical (unpaired) electrons. The number of ketones is 1. The van der Waals surface area contributed by atoms with E-state index in [0.29, 0.717) is 17.1 Å². The molecule has 0 unspecified atom stereocenters. The number of carbonyl (C=O) groups excluding carboxylic acids is 1. The van der Waals surface area contributed by atoms with Gasteiger partial charge in [-0.05, 0) is 30.7 Å². The molecule has 0 atom stereocenters. The number of hydrogen-bond acceptors (Lipinski definition) is 3. The van der Waals surface area contributed by atoms with Gasteiger partial charge in [-0.3, -0.25) is 4.79 Å². The third kappa shape index (κ3) is 2.01. The van der Waals surface area contributed by atoms with E-state index in [2.05, 4.69) is 0 Å². The minimum absolute atomic E-state index is 0.00449. The van der Waals surface area contributed by atoms with Crippen LogP contribution in [0, 0.1) is 0 Å². The molecule has 0 saturated carbocycles. The molecule has 78 valence electrons. The Balaban J connectivity index is 2.23. The predicted octanol–water partition coefficient (Wildman–Crippen LogP) is 2.56. The number of hydrogen-bond donors (Lipinski definition) is 0. The van der Waals surface area contributed by atoms with Gasteiger partial charge in [-0.25, -0.2) is 0 Å². The summed E-state index contributed by atoms with van der Waals surface area (Å²) >= 11 is 0. The molecule has 0 aromatic heterocycles. The van der Waals surface area contributed by atoms with Crippen LogP contribution in [0.1, 0.15) is 23.7 Å². The Labute approximate surface area is 88.3 Å². The number of ether oxygens (including phenoxy) is 2. The topological polar surface area (TPSA) is 35.5 Å². The van der Waals surface area contributed by atoms with Gasteiger partial charge in [0.1, 0.15) is 0 Å². The van der Waals surface area contributed by atoms with Crippen LogP contribution in [0.3, 0.4) is 0 Å². The fourth-order valence-electron chi connectivity index (χ4n) is 1.37. The van der Waals surface area contributed by atoms with Crippen molar-refractivity contribution in [3.05, 3.63) is 35.9 Å². The summed E-state index contributed by atoms with van der Waals surface area (Å²) in [5, 5.41) is 0. The SMILES string of the molecule is CC/C=C/C(=O)c1ccc2c(c1)OCO2. The molecule has 0 bridgehead atoms. The number of carbonyl (C=O) groups is 1. The highest BCUT2D eigenvalue weighted by Gasteiger charge is 2.14. The molecule has 2 rings (SSSR count). The average Bonchev–Trinajstić information content (AvgIpc) is 2.72. The zero-order valence-electron chi connectivity index (χ0n) is 8.53. The van der Waals surface area contributed by atoms with Gasteiger partial charge in [0, 0.05) is 5.56 Å². The molecule has 1 aliphatic heterocycles. The van der Waals surface area contributed by atoms with Crippen LogP contribution in [-0.4, -0.2) is 12.6 Å². The molecule has 0 spiro atoms. The predicted molar refractivity (Wildman–Crippen MR) is 56.3 cm³/mol. The second-order valence-corrected chi connectivity index (χ2v) is 3.24. The maximum absolute atomic E-state index is 11.6. The van der Waals surface area contributed by atoms with Crippen molar-refractivity contribution >= 4 is 5.78 Å². The highest BCUT2D eigenvalue weighted by molar-refractivity contribution is 6.04. The van der Waals surface area contributed by atoms with Gasteiger partial charge in [0.15, 0.2) is 17.3 Å². The number of benzene rings is 1. The molecule has 0 fully saturated rings. The smallest absolute Gasteiger partial charge is 0.231 e. The Hall–Kier alpha value is -1.77. The first-order valence-electron chi connectivity index (χ1n) is 4.92. The van der Waals surface area contributed by atoms with E-state index in [1.807, 2.05) is 13.0 Å². The maximum atomic E-state index is 11.6. The fraction of sp³-hybridized carbons (Fsp3) is 0.250. The molecular weight excluding hydrogens is 192 g/mol. The standard InChI is InChI=1S/C12H12O3/c1-2-3-4-10(13)9-5-6-11-12(7-9)15-8-14-11/h3-7H,2,8H2,1H3/b4-3+. The lowest BCUT2D eigenvalue weighted by Crippen LogP contribution is -1.94. The van der Waals surface area contributed by atoms with Gasteiger partial charge < -0.3 is 9.47 Å². The highest BCUT2D eigenvalue weighted by Crippen LogP contribution is 2.32. The van der Waals surface area contributed by atoms with Crippen molar-refractivity contribution in [2.45, 2.75) is 13.3 Å². The summed E-state index contributed by atoms with van der Waals surface area (Å²) < 4.78 is 10.4. The highest BCUT2D eigenvalue weighted by atomic mass is 16.7. The summed E-state index contributed by atoms with van der Waals surface area (Å²) in [6, 6.07) is 5.22. The van der Waals surface area contributed by atoms with Crippen LogP contribution in [0.5, 0.6) is 11.5 Å². The van der Waals surface area contributed by atoms with Crippen molar-refractivity contribution < 1.29 is 14.3 Å². The maximum Gasteiger partial charge on any atom is 0.231 e. The summed E-state index contributed by atoms with van der Waals surface area (Å²) in [6.45, 7) is 2.22. The molecule has 0 N–H and O–H groups in total. The van der Waals surface area contributed by atoms with Gasteiger partial charge in [-0.2, -0.15) is 0 Å². The molecule has 0 saturated heterocycles. The van der Waals surface area contributed by atoms with Gasteiger partial charge >= 0.3 is 0 Å². The number of allylic oxidation sites excluding steroid dienone is 2. The molecule has 3 heteroatoms. The Morgan fingerprint density at radius 2 is 2.20 bits per heavy atom. The first-order chi connectivity index (χ1) is 7.31. The zero-order chi connectivity index (χ0) is 10.7. The number of rotatable bonds is 3. The lowest BCUT2D eigenvalue weighted by Gasteiger charge is -1.98. The van der Waals surface area contributed by atoms with Crippen LogP contribution in [-0.2, 0) is 0 Å². The minimum atomic E-state index is -0.00449. The summed E-state index contributed by atoms with van der Waals surface area (Å²) in [7, 11) is 0. The summed E-state index contributed by atoms with van der Waals surface area (Å²) in [5.74, 6) is 1.34. The molecule has 1 heterocycles. The van der Waals surface area contributed by atoms with E-state index in [1.165, 1.54) is 0 Å². The van der Waals surface area contributed by atoms with Crippen LogP contribution in [0.15, 0.2) is 30.4 Å². The van der Waals surface area contributed by atoms with E-state index < -0.39 is 0 Å². The van der Waals surface area contributed by atoms with Gasteiger partial charge in [0.25, 0.3) is 0 Å². The largest absolute Gasteiger partial charge is 0.454 e. The molecule has 0 amide bonds. The minimum Gasteiger partial charge on any atom is -0.454 e. The molecule has 15 heavy (non-hydrogen) atoms. The first kappa shape index (κ1) is 9.77. The van der Waals surface area contributed by atoms with Crippen LogP contribution in [0.25, 0.3) is 0 Å². The van der Waals surface area contributed by atoms with E-state index in [-0.39, 0.29) is 12.6 Å². The van der Waals surface area contributed by atoms with E-state index in [0.717, 1.165) is 6.42 Å². The molecule has 0 aliphatic carbocycles. The van der Waals surface area contributed by atoms with E-state index >= 15 is 0 Å². The summed E-state index contributed by atoms with van der Waals surface area (Å²) in [5.41, 5.74) is 0.629. The Morgan fingerprint density at radius 1 is 1.40 bits per heavy atom. The third-order valence-corrected chi connectivity index (χ3v) is 2.16. The molecule has 1 aliphatic rings. The monoisotopic (exact) mass is 204 g/mol. The number of fused-ring (bicyclic) bond motifs is 1. The van der Waals surface area contributed by atoms with Crippen LogP contribution in [0.2, 0.25) is 0 Å². The summed E-state index contributed by atoms with van der Waals surface area (Å²) in [4.78, 5) is 11.6. The molecule has 1 aromatic rings. The third-order valence-electron chi connectivity index (χ3n) is 2.16. The van der Waals surface area contributed by atoms with Crippen molar-refractivity contribution in [1.29, 1.82) is 0 Å². The van der Waals surface area contributed by atoms with Crippen LogP contribution in [0.4, 0.5) is 0 Å². The van der Waals surface area contributed by atoms with Crippen molar-refractivity contribution in [2.24, 2.45) is 0 Å². The van der Waals surface area contributed by atoms with Gasteiger partial charge in [-0.15, -0.1) is 0 Å². The second-order valence-electron chi connectivity index (χ2n) is 3.24. The quantitative estimate of drug-likeness (QED) is 0.560. The second kappa shape index (κ2) is 4.17. The fourth-order valence-corrected chi connectivity index (χ4v) is 1.37. The van der Waals surface area contributed by atoms with Crippen LogP contribution >= 0.6 is 0 Å². The molecule has 1 aromatic carbocycles. The van der Waals surface area contributed by atoms with Crippen molar-refractivity contribution in [2.75, 3.05) is 6.79 Å². The Bertz CT molecular complexity index is 407. The Morgan fingerprint density at radius 3 is 3.00 bits per heavy atom. The average molecular weight is 204 g/mol. The lowest BCUT2D eigenvalue weighted by atomic mass is 10.1.